The molecule has 2 aromatic heterocycles. The van der Waals surface area contributed by atoms with E-state index in [2.05, 4.69) is 4.90 Å². The number of thiocarbonyl (C=S) groups is 1. The molecule has 5 rings (SSSR count). The molecule has 1 amide bonds. The molecule has 0 saturated carbocycles. The molecular weight excluding hydrogens is 472 g/mol. The van der Waals surface area contributed by atoms with E-state index in [0.29, 0.717) is 52.5 Å². The number of aromatic nitrogens is 2. The number of carbonyl (C=O) groups excluding carboxylic acids is 1. The number of fused-ring (bicyclic) bond motifs is 1. The predicted molar refractivity (Wildman–Crippen MR) is 137 cm³/mol. The first-order valence-electron chi connectivity index (χ1n) is 11.6. The third-order valence-electron chi connectivity index (χ3n) is 6.34. The Balaban J connectivity index is 1.59. The standard InChI is InChI=1S/C24H28N4O4S2/c1-14-6-4-8-27-20(14)25-21(26-11-15(2)32-16(3)12-26)18(22(27)29)10-19-23(30)28(24(33)34-19)13-17-7-5-9-31-17/h4,6,8,10,15-17H,5,7,9,11-13H2,1-3H3/b19-10+/t15-,16-,17-/m1/s1. The highest BCUT2D eigenvalue weighted by molar-refractivity contribution is 8.26. The van der Waals surface area contributed by atoms with Crippen molar-refractivity contribution in [1.29, 1.82) is 0 Å². The monoisotopic (exact) mass is 500 g/mol. The molecule has 0 unspecified atom stereocenters. The fourth-order valence-corrected chi connectivity index (χ4v) is 6.06. The van der Waals surface area contributed by atoms with Gasteiger partial charge in [-0.25, -0.2) is 4.98 Å². The van der Waals surface area contributed by atoms with E-state index in [-0.39, 0.29) is 29.8 Å². The highest BCUT2D eigenvalue weighted by atomic mass is 32.2. The number of hydrogen-bond acceptors (Lipinski definition) is 8. The quantitative estimate of drug-likeness (QED) is 0.469. The molecule has 3 atom stereocenters. The average Bonchev–Trinajstić information content (AvgIpc) is 3.39. The minimum atomic E-state index is -0.208. The van der Waals surface area contributed by atoms with Crippen LogP contribution in [0.1, 0.15) is 37.8 Å². The molecule has 8 nitrogen and oxygen atoms in total. The number of morpholine rings is 1. The Bertz CT molecular complexity index is 1230. The summed E-state index contributed by atoms with van der Waals surface area (Å²) >= 11 is 6.73. The number of thioether (sulfide) groups is 1. The number of carbonyl (C=O) groups is 1. The summed E-state index contributed by atoms with van der Waals surface area (Å²) in [5.41, 5.74) is 1.70. The van der Waals surface area contributed by atoms with E-state index in [1.54, 1.807) is 21.6 Å². The minimum absolute atomic E-state index is 0.00153. The topological polar surface area (TPSA) is 76.4 Å². The van der Waals surface area contributed by atoms with Crippen LogP contribution in [-0.4, -0.2) is 69.1 Å². The lowest BCUT2D eigenvalue weighted by Crippen LogP contribution is -2.46. The first-order chi connectivity index (χ1) is 16.3. The molecule has 5 heterocycles. The van der Waals surface area contributed by atoms with Gasteiger partial charge in [0.05, 0.1) is 35.3 Å². The second-order valence-electron chi connectivity index (χ2n) is 9.13. The lowest BCUT2D eigenvalue weighted by molar-refractivity contribution is -0.123. The third kappa shape index (κ3) is 4.39. The molecule has 10 heteroatoms. The second kappa shape index (κ2) is 9.41. The molecular formula is C24H28N4O4S2. The maximum absolute atomic E-state index is 13.7. The smallest absolute Gasteiger partial charge is 0.267 e. The van der Waals surface area contributed by atoms with Crippen molar-refractivity contribution in [3.05, 3.63) is 44.7 Å². The number of hydrogen-bond donors (Lipinski definition) is 0. The van der Waals surface area contributed by atoms with Gasteiger partial charge in [-0.1, -0.05) is 30.0 Å². The van der Waals surface area contributed by atoms with Crippen LogP contribution in [0.15, 0.2) is 28.0 Å². The van der Waals surface area contributed by atoms with Crippen molar-refractivity contribution in [3.8, 4) is 0 Å². The van der Waals surface area contributed by atoms with Crippen LogP contribution in [0.4, 0.5) is 5.82 Å². The van der Waals surface area contributed by atoms with Gasteiger partial charge in [0.2, 0.25) is 0 Å². The number of anilines is 1. The SMILES string of the molecule is Cc1cccn2c(=O)c(/C=C3/SC(=S)N(C[C@H]4CCCO4)C3=O)c(N3C[C@@H](C)O[C@H](C)C3)nc12. The van der Waals surface area contributed by atoms with Crippen molar-refractivity contribution in [2.45, 2.75) is 51.9 Å². The predicted octanol–water partition coefficient (Wildman–Crippen LogP) is 3.00. The summed E-state index contributed by atoms with van der Waals surface area (Å²) in [6.07, 6.45) is 5.29. The molecule has 0 aromatic carbocycles. The number of rotatable bonds is 4. The Hall–Kier alpha value is -2.27. The molecule has 0 radical (unpaired) electrons. The largest absolute Gasteiger partial charge is 0.376 e. The third-order valence-corrected chi connectivity index (χ3v) is 7.72. The van der Waals surface area contributed by atoms with Gasteiger partial charge >= 0.3 is 0 Å². The summed E-state index contributed by atoms with van der Waals surface area (Å²) in [5, 5.41) is 0. The van der Waals surface area contributed by atoms with Gasteiger partial charge in [-0.3, -0.25) is 18.9 Å². The first-order valence-corrected chi connectivity index (χ1v) is 12.8. The van der Waals surface area contributed by atoms with Crippen molar-refractivity contribution in [3.63, 3.8) is 0 Å². The molecule has 3 aliphatic rings. The van der Waals surface area contributed by atoms with Crippen molar-refractivity contribution in [2.75, 3.05) is 31.1 Å². The van der Waals surface area contributed by atoms with E-state index in [1.165, 1.54) is 11.8 Å². The van der Waals surface area contributed by atoms with Gasteiger partial charge in [-0.15, -0.1) is 0 Å². The molecule has 2 aromatic rings. The van der Waals surface area contributed by atoms with Gasteiger partial charge in [0.15, 0.2) is 0 Å². The molecule has 3 aliphatic heterocycles. The zero-order valence-corrected chi connectivity index (χ0v) is 21.2. The fourth-order valence-electron chi connectivity index (χ4n) is 4.80. The number of nitrogens with zero attached hydrogens (tertiary/aromatic N) is 4. The lowest BCUT2D eigenvalue weighted by atomic mass is 10.1. The van der Waals surface area contributed by atoms with Crippen molar-refractivity contribution in [1.82, 2.24) is 14.3 Å². The molecule has 180 valence electrons. The summed E-state index contributed by atoms with van der Waals surface area (Å²) in [6, 6.07) is 3.76. The summed E-state index contributed by atoms with van der Waals surface area (Å²) in [5.74, 6) is 0.389. The molecule has 34 heavy (non-hydrogen) atoms. The number of aryl methyl sites for hydroxylation is 1. The van der Waals surface area contributed by atoms with Crippen LogP contribution in [0.2, 0.25) is 0 Å². The van der Waals surface area contributed by atoms with Gasteiger partial charge in [0.1, 0.15) is 15.8 Å². The lowest BCUT2D eigenvalue weighted by Gasteiger charge is -2.36. The summed E-state index contributed by atoms with van der Waals surface area (Å²) in [6.45, 7) is 8.34. The minimum Gasteiger partial charge on any atom is -0.376 e. The molecule has 0 N–H and O–H groups in total. The Kier molecular flexibility index (Phi) is 6.49. The first kappa shape index (κ1) is 23.5. The van der Waals surface area contributed by atoms with Crippen LogP contribution in [0, 0.1) is 6.92 Å². The maximum Gasteiger partial charge on any atom is 0.267 e. The van der Waals surface area contributed by atoms with Gasteiger partial charge in [0.25, 0.3) is 11.5 Å². The zero-order chi connectivity index (χ0) is 24.0. The average molecular weight is 501 g/mol. The molecule has 0 spiro atoms. The highest BCUT2D eigenvalue weighted by Gasteiger charge is 2.35. The van der Waals surface area contributed by atoms with Crippen molar-refractivity contribution >= 4 is 51.7 Å². The highest BCUT2D eigenvalue weighted by Crippen LogP contribution is 2.35. The van der Waals surface area contributed by atoms with E-state index < -0.39 is 0 Å². The molecule has 3 saturated heterocycles. The van der Waals surface area contributed by atoms with E-state index in [4.69, 9.17) is 26.7 Å². The molecule has 0 bridgehead atoms. The van der Waals surface area contributed by atoms with E-state index in [9.17, 15) is 9.59 Å². The van der Waals surface area contributed by atoms with E-state index in [0.717, 1.165) is 18.4 Å². The second-order valence-corrected chi connectivity index (χ2v) is 10.8. The van der Waals surface area contributed by atoms with Crippen LogP contribution < -0.4 is 10.5 Å². The van der Waals surface area contributed by atoms with E-state index >= 15 is 0 Å². The van der Waals surface area contributed by atoms with Crippen LogP contribution >= 0.6 is 24.0 Å². The number of ether oxygens (including phenoxy) is 2. The van der Waals surface area contributed by atoms with Gasteiger partial charge in [-0.05, 0) is 51.3 Å². The fraction of sp³-hybridized carbons (Fsp3) is 0.500. The summed E-state index contributed by atoms with van der Waals surface area (Å²) < 4.78 is 13.6. The van der Waals surface area contributed by atoms with Crippen LogP contribution in [0.25, 0.3) is 11.7 Å². The normalized spacial score (nSPS) is 26.9. The van der Waals surface area contributed by atoms with Crippen LogP contribution in [0.5, 0.6) is 0 Å². The number of pyridine rings is 1. The van der Waals surface area contributed by atoms with Gasteiger partial charge < -0.3 is 14.4 Å². The molecule has 0 aliphatic carbocycles. The van der Waals surface area contributed by atoms with Crippen LogP contribution in [-0.2, 0) is 14.3 Å². The summed E-state index contributed by atoms with van der Waals surface area (Å²) in [7, 11) is 0. The maximum atomic E-state index is 13.7. The van der Waals surface area contributed by atoms with Crippen LogP contribution in [0.3, 0.4) is 0 Å². The number of amides is 1. The molecule has 3 fully saturated rings. The van der Waals surface area contributed by atoms with Crippen molar-refractivity contribution in [2.24, 2.45) is 0 Å². The van der Waals surface area contributed by atoms with Gasteiger partial charge in [-0.2, -0.15) is 0 Å². The Labute approximate surface area is 207 Å². The zero-order valence-electron chi connectivity index (χ0n) is 19.5. The van der Waals surface area contributed by atoms with Crippen molar-refractivity contribution < 1.29 is 14.3 Å². The Morgan fingerprint density at radius 3 is 2.74 bits per heavy atom. The summed E-state index contributed by atoms with van der Waals surface area (Å²) in [4.78, 5) is 36.0. The van der Waals surface area contributed by atoms with E-state index in [1.807, 2.05) is 32.9 Å². The Morgan fingerprint density at radius 1 is 1.26 bits per heavy atom. The van der Waals surface area contributed by atoms with Gasteiger partial charge in [0, 0.05) is 25.9 Å². The Morgan fingerprint density at radius 2 is 2.03 bits per heavy atom.